The smallest absolute Gasteiger partial charge is 0.146 e. The first-order chi connectivity index (χ1) is 7.59. The van der Waals surface area contributed by atoms with Crippen molar-refractivity contribution in [3.8, 4) is 0 Å². The molecule has 0 aromatic heterocycles. The van der Waals surface area contributed by atoms with Gasteiger partial charge in [0, 0.05) is 25.2 Å². The number of anilines is 1. The summed E-state index contributed by atoms with van der Waals surface area (Å²) < 4.78 is 26.6. The second-order valence-electron chi connectivity index (χ2n) is 4.37. The van der Waals surface area contributed by atoms with E-state index in [-0.39, 0.29) is 12.1 Å². The summed E-state index contributed by atoms with van der Waals surface area (Å²) in [5, 5.41) is 0. The summed E-state index contributed by atoms with van der Waals surface area (Å²) in [7, 11) is 1.77. The van der Waals surface area contributed by atoms with Gasteiger partial charge in [-0.05, 0) is 31.4 Å². The van der Waals surface area contributed by atoms with Gasteiger partial charge in [0.1, 0.15) is 11.6 Å². The summed E-state index contributed by atoms with van der Waals surface area (Å²) in [4.78, 5) is 1.76. The molecular formula is C12H16F2N2. The lowest BCUT2D eigenvalue weighted by atomic mass is 10.1. The van der Waals surface area contributed by atoms with Crippen molar-refractivity contribution in [2.75, 3.05) is 11.9 Å². The number of likely N-dealkylation sites (N-methyl/N-ethyl adjacent to an activating group) is 1. The van der Waals surface area contributed by atoms with Gasteiger partial charge in [-0.15, -0.1) is 0 Å². The van der Waals surface area contributed by atoms with Crippen molar-refractivity contribution in [3.63, 3.8) is 0 Å². The van der Waals surface area contributed by atoms with Crippen molar-refractivity contribution in [2.24, 2.45) is 5.73 Å². The van der Waals surface area contributed by atoms with Crippen molar-refractivity contribution in [1.82, 2.24) is 0 Å². The molecule has 0 amide bonds. The molecule has 0 saturated heterocycles. The minimum atomic E-state index is -0.421. The van der Waals surface area contributed by atoms with Gasteiger partial charge in [0.05, 0.1) is 5.69 Å². The maximum Gasteiger partial charge on any atom is 0.146 e. The summed E-state index contributed by atoms with van der Waals surface area (Å²) in [6.07, 6.45) is 2.94. The summed E-state index contributed by atoms with van der Waals surface area (Å²) in [5.74, 6) is -0.821. The number of hydrogen-bond donors (Lipinski definition) is 1. The molecule has 4 heteroatoms. The average molecular weight is 226 g/mol. The standard InChI is InChI=1S/C12H16F2N2/c1-16(11-4-2-3-10(11)15)12-7-8(13)5-6-9(12)14/h5-7,10-11H,2-4,15H2,1H3. The van der Waals surface area contributed by atoms with Crippen LogP contribution in [-0.4, -0.2) is 19.1 Å². The maximum atomic E-state index is 13.6. The van der Waals surface area contributed by atoms with Crippen LogP contribution in [0.2, 0.25) is 0 Å². The van der Waals surface area contributed by atoms with E-state index < -0.39 is 11.6 Å². The van der Waals surface area contributed by atoms with Gasteiger partial charge in [-0.25, -0.2) is 8.78 Å². The number of nitrogens with two attached hydrogens (primary N) is 1. The van der Waals surface area contributed by atoms with E-state index >= 15 is 0 Å². The van der Waals surface area contributed by atoms with E-state index in [1.165, 1.54) is 6.07 Å². The normalized spacial score (nSPS) is 24.8. The van der Waals surface area contributed by atoms with Gasteiger partial charge in [0.15, 0.2) is 0 Å². The minimum Gasteiger partial charge on any atom is -0.368 e. The van der Waals surface area contributed by atoms with Gasteiger partial charge >= 0.3 is 0 Å². The van der Waals surface area contributed by atoms with E-state index in [2.05, 4.69) is 0 Å². The van der Waals surface area contributed by atoms with Gasteiger partial charge in [-0.3, -0.25) is 0 Å². The van der Waals surface area contributed by atoms with Gasteiger partial charge in [-0.2, -0.15) is 0 Å². The van der Waals surface area contributed by atoms with E-state index in [1.54, 1.807) is 11.9 Å². The Morgan fingerprint density at radius 3 is 2.69 bits per heavy atom. The van der Waals surface area contributed by atoms with Crippen LogP contribution >= 0.6 is 0 Å². The van der Waals surface area contributed by atoms with Crippen molar-refractivity contribution in [1.29, 1.82) is 0 Å². The quantitative estimate of drug-likeness (QED) is 0.838. The zero-order valence-corrected chi connectivity index (χ0v) is 9.29. The molecule has 0 aliphatic heterocycles. The molecule has 1 aliphatic rings. The topological polar surface area (TPSA) is 29.3 Å². The minimum absolute atomic E-state index is 0.0488. The first-order valence-electron chi connectivity index (χ1n) is 5.53. The van der Waals surface area contributed by atoms with Crippen molar-refractivity contribution in [2.45, 2.75) is 31.3 Å². The van der Waals surface area contributed by atoms with Crippen LogP contribution in [0.4, 0.5) is 14.5 Å². The maximum absolute atomic E-state index is 13.6. The molecule has 0 spiro atoms. The largest absolute Gasteiger partial charge is 0.368 e. The number of hydrogen-bond acceptors (Lipinski definition) is 2. The van der Waals surface area contributed by atoms with Gasteiger partial charge < -0.3 is 10.6 Å². The van der Waals surface area contributed by atoms with Crippen LogP contribution in [0.3, 0.4) is 0 Å². The number of benzene rings is 1. The van der Waals surface area contributed by atoms with Gasteiger partial charge in [0.2, 0.25) is 0 Å². The molecule has 88 valence electrons. The van der Waals surface area contributed by atoms with Crippen LogP contribution in [0.25, 0.3) is 0 Å². The van der Waals surface area contributed by atoms with Crippen molar-refractivity contribution < 1.29 is 8.78 Å². The highest BCUT2D eigenvalue weighted by molar-refractivity contribution is 5.48. The molecule has 1 aliphatic carbocycles. The Bertz CT molecular complexity index is 381. The third-order valence-electron chi connectivity index (χ3n) is 3.32. The summed E-state index contributed by atoms with van der Waals surface area (Å²) in [5.41, 5.74) is 6.24. The van der Waals surface area contributed by atoms with E-state index in [1.807, 2.05) is 0 Å². The van der Waals surface area contributed by atoms with Crippen LogP contribution in [0.1, 0.15) is 19.3 Å². The van der Waals surface area contributed by atoms with Crippen molar-refractivity contribution in [3.05, 3.63) is 29.8 Å². The molecule has 2 atom stereocenters. The Morgan fingerprint density at radius 1 is 1.31 bits per heavy atom. The summed E-state index contributed by atoms with van der Waals surface area (Å²) in [6, 6.07) is 3.66. The van der Waals surface area contributed by atoms with Crippen LogP contribution < -0.4 is 10.6 Å². The zero-order chi connectivity index (χ0) is 11.7. The summed E-state index contributed by atoms with van der Waals surface area (Å²) >= 11 is 0. The molecule has 2 nitrogen and oxygen atoms in total. The predicted molar refractivity (Wildman–Crippen MR) is 60.4 cm³/mol. The van der Waals surface area contributed by atoms with Crippen LogP contribution in [0, 0.1) is 11.6 Å². The average Bonchev–Trinajstić information content (AvgIpc) is 2.67. The fraction of sp³-hybridized carbons (Fsp3) is 0.500. The third kappa shape index (κ3) is 2.02. The number of halogens is 2. The Kier molecular flexibility index (Phi) is 3.10. The second-order valence-corrected chi connectivity index (χ2v) is 4.37. The molecule has 2 N–H and O–H groups in total. The first kappa shape index (κ1) is 11.3. The van der Waals surface area contributed by atoms with E-state index in [0.29, 0.717) is 5.69 Å². The van der Waals surface area contributed by atoms with E-state index in [0.717, 1.165) is 31.4 Å². The van der Waals surface area contributed by atoms with E-state index in [9.17, 15) is 8.78 Å². The summed E-state index contributed by atoms with van der Waals surface area (Å²) in [6.45, 7) is 0. The third-order valence-corrected chi connectivity index (χ3v) is 3.32. The van der Waals surface area contributed by atoms with Gasteiger partial charge in [0.25, 0.3) is 0 Å². The van der Waals surface area contributed by atoms with E-state index in [4.69, 9.17) is 5.73 Å². The SMILES string of the molecule is CN(c1cc(F)ccc1F)C1CCCC1N. The fourth-order valence-electron chi connectivity index (χ4n) is 2.38. The van der Waals surface area contributed by atoms with Crippen LogP contribution in [0.5, 0.6) is 0 Å². The van der Waals surface area contributed by atoms with Crippen LogP contribution in [0.15, 0.2) is 18.2 Å². The highest BCUT2D eigenvalue weighted by Gasteiger charge is 2.28. The molecule has 2 unspecified atom stereocenters. The number of rotatable bonds is 2. The molecule has 0 radical (unpaired) electrons. The lowest BCUT2D eigenvalue weighted by Gasteiger charge is -2.30. The Morgan fingerprint density at radius 2 is 2.06 bits per heavy atom. The molecule has 16 heavy (non-hydrogen) atoms. The monoisotopic (exact) mass is 226 g/mol. The first-order valence-corrected chi connectivity index (χ1v) is 5.53. The second kappa shape index (κ2) is 4.37. The molecule has 1 aromatic rings. The highest BCUT2D eigenvalue weighted by Crippen LogP contribution is 2.28. The fourth-order valence-corrected chi connectivity index (χ4v) is 2.38. The molecule has 0 bridgehead atoms. The Balaban J connectivity index is 2.25. The zero-order valence-electron chi connectivity index (χ0n) is 9.29. The predicted octanol–water partition coefficient (Wildman–Crippen LogP) is 2.28. The molecule has 2 rings (SSSR count). The molecular weight excluding hydrogens is 210 g/mol. The lowest BCUT2D eigenvalue weighted by Crippen LogP contribution is -2.42. The van der Waals surface area contributed by atoms with Crippen LogP contribution in [-0.2, 0) is 0 Å². The lowest BCUT2D eigenvalue weighted by molar-refractivity contribution is 0.547. The Labute approximate surface area is 94.0 Å². The molecule has 1 fully saturated rings. The van der Waals surface area contributed by atoms with Gasteiger partial charge in [-0.1, -0.05) is 0 Å². The molecule has 1 aromatic carbocycles. The Hall–Kier alpha value is -1.16. The number of nitrogens with zero attached hydrogens (tertiary/aromatic N) is 1. The molecule has 0 heterocycles. The highest BCUT2D eigenvalue weighted by atomic mass is 19.1. The molecule has 1 saturated carbocycles. The van der Waals surface area contributed by atoms with Crippen molar-refractivity contribution >= 4 is 5.69 Å².